The number of hydrogen-bond donors (Lipinski definition) is 4. The van der Waals surface area contributed by atoms with Gasteiger partial charge in [0.15, 0.2) is 0 Å². The Labute approximate surface area is 178 Å². The van der Waals surface area contributed by atoms with Gasteiger partial charge in [-0.15, -0.1) is 0 Å². The molecule has 0 saturated carbocycles. The Kier molecular flexibility index (Phi) is 33.8. The van der Waals surface area contributed by atoms with Crippen LogP contribution in [0.25, 0.3) is 0 Å². The summed E-state index contributed by atoms with van der Waals surface area (Å²) >= 11 is 0. The zero-order valence-electron chi connectivity index (χ0n) is 6.82. The Morgan fingerprint density at radius 1 is 0.769 bits per heavy atom. The molecule has 0 aliphatic rings. The summed E-state index contributed by atoms with van der Waals surface area (Å²) in [6.45, 7) is 0. The summed E-state index contributed by atoms with van der Waals surface area (Å²) in [6.07, 6.45) is 0. The van der Waals surface area contributed by atoms with Crippen molar-refractivity contribution in [1.29, 1.82) is 0 Å². The molecule has 4 N–H and O–H groups in total. The molecule has 0 bridgehead atoms. The van der Waals surface area contributed by atoms with Crippen LogP contribution in [0.15, 0.2) is 0 Å². The van der Waals surface area contributed by atoms with E-state index in [0.717, 1.165) is 0 Å². The van der Waals surface area contributed by atoms with Crippen molar-refractivity contribution in [3.8, 4) is 0 Å². The third kappa shape index (κ3) is 177. The molecule has 0 aromatic heterocycles. The quantitative estimate of drug-likeness (QED) is 0.244. The van der Waals surface area contributed by atoms with Gasteiger partial charge in [0.25, 0.3) is 15.6 Å². The van der Waals surface area contributed by atoms with E-state index in [-0.39, 0.29) is 129 Å². The van der Waals surface area contributed by atoms with Gasteiger partial charge in [-0.2, -0.15) is 0 Å². The average Bonchev–Trinajstić information content (AvgIpc) is 1.12. The minimum absolute atomic E-state index is 0. The fourth-order valence-corrected chi connectivity index (χ4v) is 0. The minimum Gasteiger partial charge on any atom is -0.756 e. The summed E-state index contributed by atoms with van der Waals surface area (Å²) < 4.78 is 17.5. The van der Waals surface area contributed by atoms with Crippen LogP contribution >= 0.6 is 15.6 Å². The van der Waals surface area contributed by atoms with Crippen molar-refractivity contribution >= 4 is 15.6 Å². The molecule has 13 heavy (non-hydrogen) atoms. The number of hydrogen-bond acceptors (Lipinski definition) is 4. The molecule has 0 aliphatic heterocycles. The second-order valence-electron chi connectivity index (χ2n) is 0.981. The van der Waals surface area contributed by atoms with Crippen LogP contribution in [0.4, 0.5) is 0 Å². The minimum atomic E-state index is -4.89. The Bertz CT molecular complexity index is 132. The zero-order valence-corrected chi connectivity index (χ0v) is 17.3. The third-order valence-corrected chi connectivity index (χ3v) is 0. The van der Waals surface area contributed by atoms with Gasteiger partial charge in [0, 0.05) is 26.2 Å². The maximum atomic E-state index is 8.77. The molecule has 0 heterocycles. The average molecular weight is 363 g/mol. The Morgan fingerprint density at radius 3 is 0.769 bits per heavy atom. The van der Waals surface area contributed by atoms with Gasteiger partial charge in [-0.05, 0) is 0 Å². The van der Waals surface area contributed by atoms with Gasteiger partial charge in [0.2, 0.25) is 0 Å². The van der Waals surface area contributed by atoms with Crippen molar-refractivity contribution in [2.75, 3.05) is 0 Å². The van der Waals surface area contributed by atoms with E-state index >= 15 is 0 Å². The first-order valence-corrected chi connectivity index (χ1v) is 4.59. The first kappa shape index (κ1) is 30.4. The molecule has 0 rings (SSSR count). The smallest absolute Gasteiger partial charge is 0.756 e. The van der Waals surface area contributed by atoms with Crippen molar-refractivity contribution in [3.63, 3.8) is 0 Å². The fraction of sp³-hybridized carbons (Fsp3) is 0. The van der Waals surface area contributed by atoms with Crippen molar-refractivity contribution in [1.82, 2.24) is 0 Å². The molecule has 0 aromatic carbocycles. The first-order chi connectivity index (χ1) is 4.00. The molecule has 0 aliphatic carbocycles. The maximum absolute atomic E-state index is 8.77. The SMILES string of the molecule is O=P([O-])(O)O.O=P([O-])(O)O.[K+].[K+].[Zr]. The molecule has 0 fully saturated rings. The van der Waals surface area contributed by atoms with Crippen LogP contribution in [0.5, 0.6) is 0 Å². The van der Waals surface area contributed by atoms with E-state index in [2.05, 4.69) is 0 Å². The van der Waals surface area contributed by atoms with Crippen molar-refractivity contribution < 1.29 is 167 Å². The molecular formula is H4K2O8P2Zr. The largest absolute Gasteiger partial charge is 1.00 e. The summed E-state index contributed by atoms with van der Waals surface area (Å²) in [5.41, 5.74) is 0. The Balaban J connectivity index is -0.0000000267. The van der Waals surface area contributed by atoms with Crippen LogP contribution in [-0.4, -0.2) is 19.6 Å². The van der Waals surface area contributed by atoms with Crippen molar-refractivity contribution in [2.24, 2.45) is 0 Å². The van der Waals surface area contributed by atoms with Crippen molar-refractivity contribution in [3.05, 3.63) is 0 Å². The number of phosphoric acid groups is 2. The van der Waals surface area contributed by atoms with E-state index in [1.54, 1.807) is 0 Å². The van der Waals surface area contributed by atoms with Crippen LogP contribution in [0.2, 0.25) is 0 Å². The summed E-state index contributed by atoms with van der Waals surface area (Å²) in [5, 5.41) is 0. The molecule has 8 nitrogen and oxygen atoms in total. The molecule has 13 heteroatoms. The van der Waals surface area contributed by atoms with Crippen molar-refractivity contribution in [2.45, 2.75) is 0 Å². The topological polar surface area (TPSA) is 161 Å². The predicted molar refractivity (Wildman–Crippen MR) is 24.1 cm³/mol. The fourth-order valence-electron chi connectivity index (χ4n) is 0. The molecule has 0 spiro atoms. The normalized spacial score (nSPS) is 9.08. The van der Waals surface area contributed by atoms with Gasteiger partial charge in [0.05, 0.1) is 0 Å². The monoisotopic (exact) mass is 362 g/mol. The van der Waals surface area contributed by atoms with E-state index in [0.29, 0.717) is 0 Å². The molecule has 0 unspecified atom stereocenters. The molecule has 0 amide bonds. The third-order valence-electron chi connectivity index (χ3n) is 0. The van der Waals surface area contributed by atoms with Gasteiger partial charge in [-0.1, -0.05) is 0 Å². The molecular weight excluding hydrogens is 359 g/mol. The van der Waals surface area contributed by atoms with Gasteiger partial charge in [-0.3, -0.25) is 9.13 Å². The van der Waals surface area contributed by atoms with Crippen LogP contribution in [0, 0.1) is 0 Å². The summed E-state index contributed by atoms with van der Waals surface area (Å²) in [5.74, 6) is 0. The van der Waals surface area contributed by atoms with E-state index in [9.17, 15) is 0 Å². The maximum Gasteiger partial charge on any atom is 1.00 e. The van der Waals surface area contributed by atoms with E-state index in [1.807, 2.05) is 0 Å². The molecule has 0 aromatic rings. The van der Waals surface area contributed by atoms with Gasteiger partial charge in [0.1, 0.15) is 0 Å². The summed E-state index contributed by atoms with van der Waals surface area (Å²) in [4.78, 5) is 45.8. The second kappa shape index (κ2) is 14.4. The van der Waals surface area contributed by atoms with Gasteiger partial charge < -0.3 is 29.4 Å². The number of rotatable bonds is 0. The van der Waals surface area contributed by atoms with E-state index in [4.69, 9.17) is 38.5 Å². The zero-order chi connectivity index (χ0) is 9.00. The second-order valence-corrected chi connectivity index (χ2v) is 2.94. The van der Waals surface area contributed by atoms with Crippen LogP contribution in [0.3, 0.4) is 0 Å². The molecule has 0 saturated heterocycles. The summed E-state index contributed by atoms with van der Waals surface area (Å²) in [7, 11) is -9.78. The van der Waals surface area contributed by atoms with E-state index in [1.165, 1.54) is 0 Å². The van der Waals surface area contributed by atoms with Gasteiger partial charge in [-0.25, -0.2) is 0 Å². The van der Waals surface area contributed by atoms with Crippen LogP contribution in [0.1, 0.15) is 0 Å². The Hall–Kier alpha value is 4.38. The molecule has 0 radical (unpaired) electrons. The van der Waals surface area contributed by atoms with Crippen LogP contribution in [-0.2, 0) is 35.3 Å². The van der Waals surface area contributed by atoms with E-state index < -0.39 is 15.6 Å². The predicted octanol–water partition coefficient (Wildman–Crippen LogP) is -9.12. The summed E-state index contributed by atoms with van der Waals surface area (Å²) in [6, 6.07) is 0. The standard InChI is InChI=1S/2K.2H3O4P.Zr/c;;2*1-5(2,3)4;/h;;2*(H3,1,2,3,4);/q2*+1;;;/p-2. The Morgan fingerprint density at radius 2 is 0.769 bits per heavy atom. The first-order valence-electron chi connectivity index (χ1n) is 1.53. The van der Waals surface area contributed by atoms with Crippen LogP contribution < -0.4 is 113 Å². The molecule has 68 valence electrons. The molecule has 0 atom stereocenters. The van der Waals surface area contributed by atoms with Gasteiger partial charge >= 0.3 is 103 Å².